The van der Waals surface area contributed by atoms with Crippen LogP contribution < -0.4 is 5.32 Å². The topological polar surface area (TPSA) is 75.7 Å². The summed E-state index contributed by atoms with van der Waals surface area (Å²) in [5.74, 6) is -0.195. The van der Waals surface area contributed by atoms with E-state index in [0.717, 1.165) is 32.1 Å². The molecule has 132 valence electrons. The van der Waals surface area contributed by atoms with Crippen LogP contribution in [0.15, 0.2) is 24.3 Å². The van der Waals surface area contributed by atoms with Gasteiger partial charge in [-0.25, -0.2) is 12.7 Å². The molecule has 1 N–H and O–H groups in total. The van der Waals surface area contributed by atoms with Crippen LogP contribution in [0, 0.1) is 0 Å². The molecule has 1 aromatic carbocycles. The number of piperidine rings is 1. The Morgan fingerprint density at radius 3 is 2.71 bits per heavy atom. The Bertz CT molecular complexity index is 678. The van der Waals surface area contributed by atoms with Crippen LogP contribution >= 0.6 is 0 Å². The second kappa shape index (κ2) is 7.63. The van der Waals surface area contributed by atoms with E-state index in [-0.39, 0.29) is 11.7 Å². The van der Waals surface area contributed by atoms with Gasteiger partial charge in [0.25, 0.3) is 5.91 Å². The van der Waals surface area contributed by atoms with Crippen molar-refractivity contribution in [2.24, 2.45) is 0 Å². The van der Waals surface area contributed by atoms with E-state index < -0.39 is 16.1 Å². The molecule has 6 nitrogen and oxygen atoms in total. The molecule has 7 heteroatoms. The Balaban J connectivity index is 1.65. The number of hydrogen-bond donors (Lipinski definition) is 1. The van der Waals surface area contributed by atoms with Crippen molar-refractivity contribution in [3.05, 3.63) is 29.8 Å². The second-order valence-corrected chi connectivity index (χ2v) is 8.38. The van der Waals surface area contributed by atoms with E-state index >= 15 is 0 Å². The van der Waals surface area contributed by atoms with Crippen LogP contribution in [0.3, 0.4) is 0 Å². The van der Waals surface area contributed by atoms with E-state index in [4.69, 9.17) is 4.74 Å². The van der Waals surface area contributed by atoms with Crippen molar-refractivity contribution in [3.63, 3.8) is 0 Å². The summed E-state index contributed by atoms with van der Waals surface area (Å²) in [5.41, 5.74) is 1.30. The van der Waals surface area contributed by atoms with Crippen LogP contribution in [-0.2, 0) is 25.3 Å². The summed E-state index contributed by atoms with van der Waals surface area (Å²) in [7, 11) is -3.30. The molecule has 2 saturated heterocycles. The summed E-state index contributed by atoms with van der Waals surface area (Å²) in [6.07, 6.45) is 4.18. The molecule has 0 aromatic heterocycles. The molecule has 3 rings (SSSR count). The number of sulfonamides is 1. The third kappa shape index (κ3) is 4.34. The lowest BCUT2D eigenvalue weighted by Gasteiger charge is -2.26. The number of carbonyl (C=O) groups is 1. The van der Waals surface area contributed by atoms with Crippen molar-refractivity contribution in [1.82, 2.24) is 4.31 Å². The van der Waals surface area contributed by atoms with Gasteiger partial charge in [0.15, 0.2) is 0 Å². The molecular formula is C17H24N2O4S. The van der Waals surface area contributed by atoms with E-state index in [9.17, 15) is 13.2 Å². The first kappa shape index (κ1) is 17.4. The highest BCUT2D eigenvalue weighted by atomic mass is 32.2. The number of benzene rings is 1. The Kier molecular flexibility index (Phi) is 5.53. The highest BCUT2D eigenvalue weighted by molar-refractivity contribution is 7.88. The first-order valence-corrected chi connectivity index (χ1v) is 10.1. The van der Waals surface area contributed by atoms with Gasteiger partial charge in [-0.05, 0) is 43.4 Å². The summed E-state index contributed by atoms with van der Waals surface area (Å²) in [6.45, 7) is 1.84. The van der Waals surface area contributed by atoms with Gasteiger partial charge in [-0.2, -0.15) is 0 Å². The summed E-state index contributed by atoms with van der Waals surface area (Å²) >= 11 is 0. The molecule has 2 fully saturated rings. The standard InChI is InChI=1S/C17H24N2O4S/c20-17(16-8-5-11-23-16)18-15-7-4-6-14(12-15)13-24(21,22)19-9-2-1-3-10-19/h4,6-7,12,16H,1-3,5,8-11,13H2,(H,18,20)/t16-/m1/s1. The van der Waals surface area contributed by atoms with Crippen molar-refractivity contribution < 1.29 is 17.9 Å². The molecule has 0 unspecified atom stereocenters. The highest BCUT2D eigenvalue weighted by Gasteiger charge is 2.25. The Morgan fingerprint density at radius 1 is 1.21 bits per heavy atom. The fraction of sp³-hybridized carbons (Fsp3) is 0.588. The zero-order valence-corrected chi connectivity index (χ0v) is 14.6. The second-order valence-electron chi connectivity index (χ2n) is 6.41. The molecule has 2 aliphatic rings. The number of ether oxygens (including phenoxy) is 1. The fourth-order valence-electron chi connectivity index (χ4n) is 3.19. The summed E-state index contributed by atoms with van der Waals surface area (Å²) in [6, 6.07) is 7.05. The Hall–Kier alpha value is -1.44. The van der Waals surface area contributed by atoms with Gasteiger partial charge < -0.3 is 10.1 Å². The van der Waals surface area contributed by atoms with Crippen molar-refractivity contribution in [2.45, 2.75) is 44.0 Å². The lowest BCUT2D eigenvalue weighted by atomic mass is 10.2. The van der Waals surface area contributed by atoms with Gasteiger partial charge in [-0.15, -0.1) is 0 Å². The molecule has 1 atom stereocenters. The van der Waals surface area contributed by atoms with Crippen molar-refractivity contribution in [2.75, 3.05) is 25.0 Å². The predicted octanol–water partition coefficient (Wildman–Crippen LogP) is 2.12. The maximum absolute atomic E-state index is 12.5. The van der Waals surface area contributed by atoms with Crippen molar-refractivity contribution in [1.29, 1.82) is 0 Å². The average Bonchev–Trinajstić information content (AvgIpc) is 3.10. The fourth-order valence-corrected chi connectivity index (χ4v) is 4.79. The normalized spacial score (nSPS) is 22.4. The minimum atomic E-state index is -3.30. The van der Waals surface area contributed by atoms with Gasteiger partial charge in [0.2, 0.25) is 10.0 Å². The minimum absolute atomic E-state index is 0.0311. The zero-order chi connectivity index (χ0) is 17.0. The van der Waals surface area contributed by atoms with Gasteiger partial charge in [-0.3, -0.25) is 4.79 Å². The average molecular weight is 352 g/mol. The first-order valence-electron chi connectivity index (χ1n) is 8.54. The number of carbonyl (C=O) groups excluding carboxylic acids is 1. The number of rotatable bonds is 5. The number of nitrogens with one attached hydrogen (secondary N) is 1. The first-order chi connectivity index (χ1) is 11.5. The molecule has 0 saturated carbocycles. The summed E-state index contributed by atoms with van der Waals surface area (Å²) < 4.78 is 32.0. The maximum Gasteiger partial charge on any atom is 0.253 e. The van der Waals surface area contributed by atoms with Crippen LogP contribution in [0.1, 0.15) is 37.7 Å². The number of amides is 1. The monoisotopic (exact) mass is 352 g/mol. The van der Waals surface area contributed by atoms with Crippen LogP contribution in [0.5, 0.6) is 0 Å². The van der Waals surface area contributed by atoms with Crippen molar-refractivity contribution >= 4 is 21.6 Å². The minimum Gasteiger partial charge on any atom is -0.368 e. The molecule has 0 spiro atoms. The van der Waals surface area contributed by atoms with E-state index in [2.05, 4.69) is 5.32 Å². The molecule has 24 heavy (non-hydrogen) atoms. The molecule has 2 heterocycles. The number of anilines is 1. The van der Waals surface area contributed by atoms with Gasteiger partial charge >= 0.3 is 0 Å². The lowest BCUT2D eigenvalue weighted by Crippen LogP contribution is -2.36. The largest absolute Gasteiger partial charge is 0.368 e. The number of nitrogens with zero attached hydrogens (tertiary/aromatic N) is 1. The van der Waals surface area contributed by atoms with Crippen LogP contribution in [-0.4, -0.2) is 44.4 Å². The number of hydrogen-bond acceptors (Lipinski definition) is 4. The molecule has 0 aliphatic carbocycles. The van der Waals surface area contributed by atoms with Gasteiger partial charge in [0.1, 0.15) is 6.10 Å². The highest BCUT2D eigenvalue weighted by Crippen LogP contribution is 2.20. The lowest BCUT2D eigenvalue weighted by molar-refractivity contribution is -0.124. The van der Waals surface area contributed by atoms with E-state index in [0.29, 0.717) is 30.9 Å². The quantitative estimate of drug-likeness (QED) is 0.881. The van der Waals surface area contributed by atoms with Crippen LogP contribution in [0.25, 0.3) is 0 Å². The van der Waals surface area contributed by atoms with E-state index in [1.165, 1.54) is 0 Å². The van der Waals surface area contributed by atoms with E-state index in [1.54, 1.807) is 28.6 Å². The Morgan fingerprint density at radius 2 is 2.00 bits per heavy atom. The molecule has 1 aromatic rings. The van der Waals surface area contributed by atoms with Gasteiger partial charge in [0, 0.05) is 25.4 Å². The van der Waals surface area contributed by atoms with Crippen LogP contribution in [0.4, 0.5) is 5.69 Å². The van der Waals surface area contributed by atoms with Gasteiger partial charge in [-0.1, -0.05) is 18.6 Å². The Labute approximate surface area is 143 Å². The SMILES string of the molecule is O=C(Nc1cccc(CS(=O)(=O)N2CCCCC2)c1)[C@H]1CCCO1. The molecule has 2 aliphatic heterocycles. The molecule has 0 radical (unpaired) electrons. The maximum atomic E-state index is 12.5. The molecule has 1 amide bonds. The molecular weight excluding hydrogens is 328 g/mol. The third-order valence-corrected chi connectivity index (χ3v) is 6.32. The van der Waals surface area contributed by atoms with E-state index in [1.807, 2.05) is 0 Å². The van der Waals surface area contributed by atoms with Crippen LogP contribution in [0.2, 0.25) is 0 Å². The van der Waals surface area contributed by atoms with Gasteiger partial charge in [0.05, 0.1) is 5.75 Å². The zero-order valence-electron chi connectivity index (χ0n) is 13.7. The van der Waals surface area contributed by atoms with Crippen molar-refractivity contribution in [3.8, 4) is 0 Å². The summed E-state index contributed by atoms with van der Waals surface area (Å²) in [4.78, 5) is 12.1. The molecule has 0 bridgehead atoms. The third-order valence-electron chi connectivity index (χ3n) is 4.47. The predicted molar refractivity (Wildman–Crippen MR) is 92.1 cm³/mol. The summed E-state index contributed by atoms with van der Waals surface area (Å²) in [5, 5.41) is 2.82. The smallest absolute Gasteiger partial charge is 0.253 e.